The van der Waals surface area contributed by atoms with Crippen LogP contribution in [-0.4, -0.2) is 21.2 Å². The minimum atomic E-state index is -1.58. The highest BCUT2D eigenvalue weighted by atomic mass is 28.4. The maximum absolute atomic E-state index is 10.3. The van der Waals surface area contributed by atoms with Crippen LogP contribution in [0.15, 0.2) is 0 Å². The summed E-state index contributed by atoms with van der Waals surface area (Å²) in [5.74, 6) is 0.451. The first-order valence-corrected chi connectivity index (χ1v) is 8.69. The van der Waals surface area contributed by atoms with Crippen LogP contribution in [0.3, 0.4) is 0 Å². The molecule has 0 fully saturated rings. The topological polar surface area (TPSA) is 26.3 Å². The first kappa shape index (κ1) is 14.8. The van der Waals surface area contributed by atoms with Crippen LogP contribution in [0.2, 0.25) is 18.1 Å². The van der Waals surface area contributed by atoms with Gasteiger partial charge in [0.2, 0.25) is 0 Å². The van der Waals surface area contributed by atoms with E-state index in [1.165, 1.54) is 0 Å². The first-order chi connectivity index (χ1) is 6.70. The van der Waals surface area contributed by atoms with Gasteiger partial charge in [-0.1, -0.05) is 27.7 Å². The van der Waals surface area contributed by atoms with Crippen molar-refractivity contribution in [2.45, 2.75) is 58.7 Å². The highest BCUT2D eigenvalue weighted by Crippen LogP contribution is 2.36. The molecule has 0 aromatic heterocycles. The highest BCUT2D eigenvalue weighted by molar-refractivity contribution is 6.74. The number of carbonyl (C=O) groups is 1. The van der Waals surface area contributed by atoms with Crippen molar-refractivity contribution in [1.29, 1.82) is 0 Å². The number of hydrogen-bond acceptors (Lipinski definition) is 2. The molecule has 1 atom stereocenters. The normalized spacial score (nSPS) is 15.1. The Morgan fingerprint density at radius 2 is 1.87 bits per heavy atom. The Balaban J connectivity index is 3.90. The zero-order valence-corrected chi connectivity index (χ0v) is 12.1. The van der Waals surface area contributed by atoms with Gasteiger partial charge in [0.05, 0.1) is 0 Å². The molecule has 0 aliphatic heterocycles. The van der Waals surface area contributed by atoms with Crippen molar-refractivity contribution in [3.63, 3.8) is 0 Å². The fourth-order valence-electron chi connectivity index (χ4n) is 1.01. The maximum Gasteiger partial charge on any atom is 0.191 e. The van der Waals surface area contributed by atoms with Gasteiger partial charge < -0.3 is 9.22 Å². The molecule has 3 heteroatoms. The second kappa shape index (κ2) is 5.80. The molecule has 0 unspecified atom stereocenters. The molecule has 0 aliphatic rings. The van der Waals surface area contributed by atoms with Crippen LogP contribution in [0.5, 0.6) is 0 Å². The van der Waals surface area contributed by atoms with Crippen LogP contribution < -0.4 is 0 Å². The lowest BCUT2D eigenvalue weighted by molar-refractivity contribution is -0.108. The van der Waals surface area contributed by atoms with E-state index in [0.29, 0.717) is 12.3 Å². The van der Waals surface area contributed by atoms with Crippen molar-refractivity contribution in [1.82, 2.24) is 0 Å². The largest absolute Gasteiger partial charge is 0.417 e. The molecule has 0 heterocycles. The van der Waals surface area contributed by atoms with E-state index in [9.17, 15) is 4.79 Å². The van der Waals surface area contributed by atoms with Gasteiger partial charge in [0.1, 0.15) is 6.29 Å². The Morgan fingerprint density at radius 1 is 1.33 bits per heavy atom. The van der Waals surface area contributed by atoms with Crippen LogP contribution in [0, 0.1) is 5.92 Å². The molecule has 0 aromatic rings. The summed E-state index contributed by atoms with van der Waals surface area (Å²) in [6.07, 6.45) is 2.64. The van der Waals surface area contributed by atoms with Gasteiger partial charge in [0, 0.05) is 13.0 Å². The van der Waals surface area contributed by atoms with Gasteiger partial charge in [-0.15, -0.1) is 0 Å². The molecule has 0 radical (unpaired) electrons. The molecule has 0 N–H and O–H groups in total. The zero-order chi connectivity index (χ0) is 12.1. The van der Waals surface area contributed by atoms with E-state index in [4.69, 9.17) is 4.43 Å². The second-order valence-electron chi connectivity index (χ2n) is 5.90. The van der Waals surface area contributed by atoms with Gasteiger partial charge >= 0.3 is 0 Å². The Labute approximate surface area is 95.5 Å². The van der Waals surface area contributed by atoms with Gasteiger partial charge in [-0.2, -0.15) is 0 Å². The van der Waals surface area contributed by atoms with E-state index >= 15 is 0 Å². The van der Waals surface area contributed by atoms with Gasteiger partial charge in [-0.05, 0) is 30.5 Å². The summed E-state index contributed by atoms with van der Waals surface area (Å²) in [7, 11) is -1.58. The molecule has 15 heavy (non-hydrogen) atoms. The molecular formula is C12H26O2Si. The molecule has 0 rings (SSSR count). The van der Waals surface area contributed by atoms with Crippen molar-refractivity contribution in [3.05, 3.63) is 0 Å². The number of aldehydes is 1. The lowest BCUT2D eigenvalue weighted by Crippen LogP contribution is -2.41. The third-order valence-electron chi connectivity index (χ3n) is 3.38. The fourth-order valence-corrected chi connectivity index (χ4v) is 2.08. The van der Waals surface area contributed by atoms with E-state index in [2.05, 4.69) is 40.8 Å². The minimum Gasteiger partial charge on any atom is -0.417 e. The first-order valence-electron chi connectivity index (χ1n) is 5.78. The Kier molecular flexibility index (Phi) is 5.74. The minimum absolute atomic E-state index is 0.279. The van der Waals surface area contributed by atoms with Gasteiger partial charge in [-0.25, -0.2) is 0 Å². The smallest absolute Gasteiger partial charge is 0.191 e. The SMILES string of the molecule is C[C@@H](CC=O)CCO[Si](C)(C)C(C)(C)C. The van der Waals surface area contributed by atoms with Crippen molar-refractivity contribution in [2.75, 3.05) is 6.61 Å². The van der Waals surface area contributed by atoms with Gasteiger partial charge in [0.25, 0.3) is 0 Å². The van der Waals surface area contributed by atoms with Crippen LogP contribution in [0.25, 0.3) is 0 Å². The van der Waals surface area contributed by atoms with E-state index in [0.717, 1.165) is 19.3 Å². The van der Waals surface area contributed by atoms with Gasteiger partial charge in [-0.3, -0.25) is 0 Å². The van der Waals surface area contributed by atoms with Gasteiger partial charge in [0.15, 0.2) is 8.32 Å². The van der Waals surface area contributed by atoms with Crippen molar-refractivity contribution >= 4 is 14.6 Å². The third-order valence-corrected chi connectivity index (χ3v) is 7.92. The zero-order valence-electron chi connectivity index (χ0n) is 11.1. The van der Waals surface area contributed by atoms with Crippen LogP contribution in [0.1, 0.15) is 40.5 Å². The average Bonchev–Trinajstić information content (AvgIpc) is 2.01. The van der Waals surface area contributed by atoms with Crippen LogP contribution >= 0.6 is 0 Å². The summed E-state index contributed by atoms with van der Waals surface area (Å²) in [5.41, 5.74) is 0. The lowest BCUT2D eigenvalue weighted by atomic mass is 10.1. The maximum atomic E-state index is 10.3. The molecule has 0 spiro atoms. The summed E-state index contributed by atoms with van der Waals surface area (Å²) in [6.45, 7) is 14.2. The predicted molar refractivity (Wildman–Crippen MR) is 67.6 cm³/mol. The summed E-state index contributed by atoms with van der Waals surface area (Å²) >= 11 is 0. The Hall–Kier alpha value is -0.153. The van der Waals surface area contributed by atoms with Crippen molar-refractivity contribution in [3.8, 4) is 0 Å². The van der Waals surface area contributed by atoms with Crippen molar-refractivity contribution in [2.24, 2.45) is 5.92 Å². The van der Waals surface area contributed by atoms with Crippen LogP contribution in [-0.2, 0) is 9.22 Å². The molecule has 0 aliphatic carbocycles. The van der Waals surface area contributed by atoms with E-state index in [1.54, 1.807) is 0 Å². The van der Waals surface area contributed by atoms with Crippen LogP contribution in [0.4, 0.5) is 0 Å². The average molecular weight is 230 g/mol. The Morgan fingerprint density at radius 3 is 2.27 bits per heavy atom. The van der Waals surface area contributed by atoms with E-state index in [1.807, 2.05) is 0 Å². The molecule has 0 amide bonds. The molecule has 90 valence electrons. The monoisotopic (exact) mass is 230 g/mol. The number of hydrogen-bond donors (Lipinski definition) is 0. The highest BCUT2D eigenvalue weighted by Gasteiger charge is 2.36. The molecule has 0 aromatic carbocycles. The molecule has 2 nitrogen and oxygen atoms in total. The number of rotatable bonds is 6. The summed E-state index contributed by atoms with van der Waals surface area (Å²) in [4.78, 5) is 10.3. The van der Waals surface area contributed by atoms with Crippen molar-refractivity contribution < 1.29 is 9.22 Å². The third kappa shape index (κ3) is 5.47. The van der Waals surface area contributed by atoms with E-state index in [-0.39, 0.29) is 5.04 Å². The summed E-state index contributed by atoms with van der Waals surface area (Å²) in [6, 6.07) is 0. The standard InChI is InChI=1S/C12H26O2Si/c1-11(7-9-13)8-10-14-15(5,6)12(2,3)4/h9,11H,7-8,10H2,1-6H3/t11-/m0/s1. The Bertz CT molecular complexity index is 194. The summed E-state index contributed by atoms with van der Waals surface area (Å²) in [5, 5.41) is 0.279. The molecule has 0 bridgehead atoms. The number of carbonyl (C=O) groups excluding carboxylic acids is 1. The summed E-state index contributed by atoms with van der Waals surface area (Å²) < 4.78 is 6.03. The predicted octanol–water partition coefficient (Wildman–Crippen LogP) is 3.62. The lowest BCUT2D eigenvalue weighted by Gasteiger charge is -2.36. The molecular weight excluding hydrogens is 204 g/mol. The second-order valence-corrected chi connectivity index (χ2v) is 10.7. The molecule has 0 saturated carbocycles. The fraction of sp³-hybridized carbons (Fsp3) is 0.917. The quantitative estimate of drug-likeness (QED) is 0.514. The van der Waals surface area contributed by atoms with E-state index < -0.39 is 8.32 Å². The molecule has 0 saturated heterocycles.